The van der Waals surface area contributed by atoms with Crippen molar-refractivity contribution in [2.75, 3.05) is 18.4 Å². The molecule has 0 unspecified atom stereocenters. The monoisotopic (exact) mass is 386 g/mol. The first-order valence-corrected chi connectivity index (χ1v) is 8.69. The van der Waals surface area contributed by atoms with E-state index in [2.05, 4.69) is 16.0 Å². The van der Waals surface area contributed by atoms with Gasteiger partial charge in [-0.15, -0.1) is 0 Å². The maximum absolute atomic E-state index is 12.0. The standard InChI is InChI=1S/C19H22N4O5/c1-14(22-19(25)28-13-15-5-3-2-4-6-15)18(24)21-12-11-20-16-7-9-17(10-8-16)23(26)27/h2-10,14,20H,11-13H2,1H3,(H,21,24)(H,22,25)/t14-/m0/s1. The fraction of sp³-hybridized carbons (Fsp3) is 0.263. The SMILES string of the molecule is C[C@H](NC(=O)OCc1ccccc1)C(=O)NCCNc1ccc([N+](=O)[O-])cc1. The van der Waals surface area contributed by atoms with Crippen molar-refractivity contribution in [1.29, 1.82) is 0 Å². The number of non-ortho nitro benzene ring substituents is 1. The average molecular weight is 386 g/mol. The number of carbonyl (C=O) groups excluding carboxylic acids is 2. The maximum Gasteiger partial charge on any atom is 0.408 e. The summed E-state index contributed by atoms with van der Waals surface area (Å²) in [6, 6.07) is 14.5. The quantitative estimate of drug-likeness (QED) is 0.346. The highest BCUT2D eigenvalue weighted by Crippen LogP contribution is 2.14. The lowest BCUT2D eigenvalue weighted by Gasteiger charge is -2.14. The second kappa shape index (κ2) is 10.5. The number of benzene rings is 2. The van der Waals surface area contributed by atoms with E-state index in [1.54, 1.807) is 19.1 Å². The molecule has 0 aromatic heterocycles. The highest BCUT2D eigenvalue weighted by molar-refractivity contribution is 5.85. The summed E-state index contributed by atoms with van der Waals surface area (Å²) in [5.41, 5.74) is 1.57. The second-order valence-corrected chi connectivity index (χ2v) is 5.95. The second-order valence-electron chi connectivity index (χ2n) is 5.95. The zero-order valence-corrected chi connectivity index (χ0v) is 15.4. The molecule has 3 N–H and O–H groups in total. The Hall–Kier alpha value is -3.62. The van der Waals surface area contributed by atoms with E-state index in [1.165, 1.54) is 12.1 Å². The van der Waals surface area contributed by atoms with Crippen molar-refractivity contribution in [3.05, 3.63) is 70.3 Å². The number of hydrogen-bond acceptors (Lipinski definition) is 6. The Labute approximate surface area is 162 Å². The Morgan fingerprint density at radius 2 is 1.75 bits per heavy atom. The van der Waals surface area contributed by atoms with Crippen molar-refractivity contribution in [3.63, 3.8) is 0 Å². The summed E-state index contributed by atoms with van der Waals surface area (Å²) in [6.45, 7) is 2.43. The molecule has 28 heavy (non-hydrogen) atoms. The maximum atomic E-state index is 12.0. The molecule has 2 rings (SSSR count). The van der Waals surface area contributed by atoms with Gasteiger partial charge in [0.2, 0.25) is 5.91 Å². The first-order chi connectivity index (χ1) is 13.5. The van der Waals surface area contributed by atoms with Crippen LogP contribution in [-0.2, 0) is 16.1 Å². The van der Waals surface area contributed by atoms with Gasteiger partial charge in [0.15, 0.2) is 0 Å². The zero-order valence-electron chi connectivity index (χ0n) is 15.4. The molecule has 0 radical (unpaired) electrons. The van der Waals surface area contributed by atoms with Gasteiger partial charge in [0.05, 0.1) is 4.92 Å². The number of hydrogen-bond donors (Lipinski definition) is 3. The number of ether oxygens (including phenoxy) is 1. The van der Waals surface area contributed by atoms with Crippen LogP contribution in [0.5, 0.6) is 0 Å². The van der Waals surface area contributed by atoms with Gasteiger partial charge in [-0.3, -0.25) is 14.9 Å². The van der Waals surface area contributed by atoms with Gasteiger partial charge >= 0.3 is 6.09 Å². The Morgan fingerprint density at radius 1 is 1.07 bits per heavy atom. The number of carbonyl (C=O) groups is 2. The number of anilines is 1. The molecular weight excluding hydrogens is 364 g/mol. The van der Waals surface area contributed by atoms with Crippen LogP contribution in [0.4, 0.5) is 16.2 Å². The Kier molecular flexibility index (Phi) is 7.77. The number of alkyl carbamates (subject to hydrolysis) is 1. The Bertz CT molecular complexity index is 796. The lowest BCUT2D eigenvalue weighted by atomic mass is 10.2. The van der Waals surface area contributed by atoms with Crippen LogP contribution in [0.15, 0.2) is 54.6 Å². The van der Waals surface area contributed by atoms with Crippen molar-refractivity contribution >= 4 is 23.4 Å². The summed E-state index contributed by atoms with van der Waals surface area (Å²) in [7, 11) is 0. The molecule has 2 aromatic carbocycles. The zero-order chi connectivity index (χ0) is 20.4. The van der Waals surface area contributed by atoms with Gasteiger partial charge in [0.1, 0.15) is 12.6 Å². The Balaban J connectivity index is 1.63. The summed E-state index contributed by atoms with van der Waals surface area (Å²) in [6.07, 6.45) is -0.671. The molecule has 9 heteroatoms. The van der Waals surface area contributed by atoms with Crippen LogP contribution in [0.25, 0.3) is 0 Å². The first-order valence-electron chi connectivity index (χ1n) is 8.69. The van der Waals surface area contributed by atoms with Crippen LogP contribution in [0.3, 0.4) is 0 Å². The molecule has 0 saturated heterocycles. The summed E-state index contributed by atoms with van der Waals surface area (Å²) in [5, 5.41) is 18.8. The number of nitrogens with one attached hydrogen (secondary N) is 3. The molecule has 0 aliphatic heterocycles. The first kappa shape index (κ1) is 20.7. The van der Waals surface area contributed by atoms with Crippen molar-refractivity contribution in [2.45, 2.75) is 19.6 Å². The number of amides is 2. The topological polar surface area (TPSA) is 123 Å². The molecule has 2 aromatic rings. The highest BCUT2D eigenvalue weighted by atomic mass is 16.6. The average Bonchev–Trinajstić information content (AvgIpc) is 2.70. The van der Waals surface area contributed by atoms with Crippen molar-refractivity contribution in [3.8, 4) is 0 Å². The largest absolute Gasteiger partial charge is 0.445 e. The molecule has 1 atom stereocenters. The molecule has 0 aliphatic carbocycles. The van der Waals surface area contributed by atoms with E-state index in [0.29, 0.717) is 18.8 Å². The highest BCUT2D eigenvalue weighted by Gasteiger charge is 2.15. The Morgan fingerprint density at radius 3 is 2.39 bits per heavy atom. The van der Waals surface area contributed by atoms with Crippen LogP contribution in [0.2, 0.25) is 0 Å². The van der Waals surface area contributed by atoms with E-state index < -0.39 is 17.1 Å². The van der Waals surface area contributed by atoms with E-state index in [4.69, 9.17) is 4.74 Å². The predicted molar refractivity (Wildman–Crippen MR) is 104 cm³/mol. The lowest BCUT2D eigenvalue weighted by molar-refractivity contribution is -0.384. The summed E-state index contributed by atoms with van der Waals surface area (Å²) < 4.78 is 5.07. The fourth-order valence-electron chi connectivity index (χ4n) is 2.25. The van der Waals surface area contributed by atoms with Crippen LogP contribution in [0.1, 0.15) is 12.5 Å². The minimum absolute atomic E-state index is 0.0119. The molecule has 148 valence electrons. The third-order valence-electron chi connectivity index (χ3n) is 3.77. The van der Waals surface area contributed by atoms with Crippen LogP contribution < -0.4 is 16.0 Å². The molecule has 2 amide bonds. The number of rotatable bonds is 9. The van der Waals surface area contributed by atoms with Gasteiger partial charge in [-0.1, -0.05) is 30.3 Å². The van der Waals surface area contributed by atoms with Crippen LogP contribution >= 0.6 is 0 Å². The van der Waals surface area contributed by atoms with Crippen LogP contribution in [0, 0.1) is 10.1 Å². The molecular formula is C19H22N4O5. The normalized spacial score (nSPS) is 11.2. The molecule has 0 fully saturated rings. The number of nitro benzene ring substituents is 1. The third-order valence-corrected chi connectivity index (χ3v) is 3.77. The number of nitrogens with zero attached hydrogens (tertiary/aromatic N) is 1. The summed E-state index contributed by atoms with van der Waals surface area (Å²) >= 11 is 0. The van der Waals surface area contributed by atoms with E-state index in [1.807, 2.05) is 30.3 Å². The van der Waals surface area contributed by atoms with Gasteiger partial charge in [-0.2, -0.15) is 0 Å². The van der Waals surface area contributed by atoms with E-state index in [0.717, 1.165) is 5.56 Å². The molecule has 9 nitrogen and oxygen atoms in total. The van der Waals surface area contributed by atoms with Crippen LogP contribution in [-0.4, -0.2) is 36.1 Å². The molecule has 0 saturated carbocycles. The van der Waals surface area contributed by atoms with E-state index in [9.17, 15) is 19.7 Å². The molecule has 0 bridgehead atoms. The van der Waals surface area contributed by atoms with Gasteiger partial charge < -0.3 is 20.7 Å². The van der Waals surface area contributed by atoms with Gasteiger partial charge in [0, 0.05) is 30.9 Å². The predicted octanol–water partition coefficient (Wildman–Crippen LogP) is 2.44. The van der Waals surface area contributed by atoms with Gasteiger partial charge in [-0.05, 0) is 24.6 Å². The lowest BCUT2D eigenvalue weighted by Crippen LogP contribution is -2.46. The van der Waals surface area contributed by atoms with E-state index >= 15 is 0 Å². The number of nitro groups is 1. The van der Waals surface area contributed by atoms with Crippen molar-refractivity contribution in [1.82, 2.24) is 10.6 Å². The third kappa shape index (κ3) is 6.94. The molecule has 0 aliphatic rings. The smallest absolute Gasteiger partial charge is 0.408 e. The van der Waals surface area contributed by atoms with Crippen molar-refractivity contribution in [2.24, 2.45) is 0 Å². The summed E-state index contributed by atoms with van der Waals surface area (Å²) in [5.74, 6) is -0.345. The summed E-state index contributed by atoms with van der Waals surface area (Å²) in [4.78, 5) is 33.9. The minimum atomic E-state index is -0.748. The molecule has 0 heterocycles. The van der Waals surface area contributed by atoms with Gasteiger partial charge in [-0.25, -0.2) is 4.79 Å². The van der Waals surface area contributed by atoms with E-state index in [-0.39, 0.29) is 18.2 Å². The van der Waals surface area contributed by atoms with Crippen molar-refractivity contribution < 1.29 is 19.2 Å². The molecule has 0 spiro atoms. The van der Waals surface area contributed by atoms with Gasteiger partial charge in [0.25, 0.3) is 5.69 Å². The minimum Gasteiger partial charge on any atom is -0.445 e. The fourth-order valence-corrected chi connectivity index (χ4v) is 2.25.